The lowest BCUT2D eigenvalue weighted by Crippen LogP contribution is -2.44. The molecule has 6 heteroatoms. The molecule has 0 saturated heterocycles. The van der Waals surface area contributed by atoms with Crippen molar-refractivity contribution in [1.82, 2.24) is 16.0 Å². The first-order chi connectivity index (χ1) is 10.9. The molecule has 0 aliphatic rings. The van der Waals surface area contributed by atoms with Gasteiger partial charge >= 0.3 is 6.03 Å². The number of unbranched alkanes of at least 4 members (excludes halogenated alkanes) is 1. The summed E-state index contributed by atoms with van der Waals surface area (Å²) in [6.07, 6.45) is 1.85. The second-order valence-corrected chi connectivity index (χ2v) is 5.81. The summed E-state index contributed by atoms with van der Waals surface area (Å²) in [5, 5.41) is 8.02. The van der Waals surface area contributed by atoms with Gasteiger partial charge in [-0.15, -0.1) is 0 Å². The lowest BCUT2D eigenvalue weighted by molar-refractivity contribution is -0.119. The van der Waals surface area contributed by atoms with Gasteiger partial charge in [-0.05, 0) is 30.0 Å². The molecule has 0 aromatic heterocycles. The van der Waals surface area contributed by atoms with Gasteiger partial charge in [0.1, 0.15) is 5.82 Å². The highest BCUT2D eigenvalue weighted by molar-refractivity contribution is 5.95. The van der Waals surface area contributed by atoms with Gasteiger partial charge in [-0.3, -0.25) is 10.1 Å². The van der Waals surface area contributed by atoms with E-state index in [1.807, 2.05) is 20.8 Å². The molecule has 0 spiro atoms. The summed E-state index contributed by atoms with van der Waals surface area (Å²) in [5.41, 5.74) is 0.904. The molecule has 1 rings (SSSR count). The van der Waals surface area contributed by atoms with Crippen LogP contribution in [0, 0.1) is 11.7 Å². The van der Waals surface area contributed by atoms with Gasteiger partial charge in [0.25, 0.3) is 0 Å². The molecule has 0 radical (unpaired) electrons. The lowest BCUT2D eigenvalue weighted by atomic mass is 9.96. The minimum Gasteiger partial charge on any atom is -0.338 e. The highest BCUT2D eigenvalue weighted by atomic mass is 19.1. The number of imide groups is 1. The van der Waals surface area contributed by atoms with Crippen LogP contribution in [0.1, 0.15) is 45.2 Å². The molecule has 0 unspecified atom stereocenters. The number of rotatable bonds is 8. The fourth-order valence-electron chi connectivity index (χ4n) is 2.20. The van der Waals surface area contributed by atoms with Gasteiger partial charge in [-0.25, -0.2) is 9.18 Å². The second kappa shape index (κ2) is 9.94. The van der Waals surface area contributed by atoms with Crippen molar-refractivity contribution in [3.8, 4) is 0 Å². The first-order valence-corrected chi connectivity index (χ1v) is 8.00. The van der Waals surface area contributed by atoms with Crippen molar-refractivity contribution in [3.63, 3.8) is 0 Å². The third kappa shape index (κ3) is 7.23. The van der Waals surface area contributed by atoms with Gasteiger partial charge in [-0.2, -0.15) is 0 Å². The molecule has 0 aliphatic heterocycles. The topological polar surface area (TPSA) is 70.2 Å². The number of amides is 3. The normalized spacial score (nSPS) is 12.0. The molecule has 5 nitrogen and oxygen atoms in total. The smallest absolute Gasteiger partial charge is 0.321 e. The summed E-state index contributed by atoms with van der Waals surface area (Å²) < 4.78 is 13.0. The Balaban J connectivity index is 2.47. The second-order valence-electron chi connectivity index (χ2n) is 5.81. The van der Waals surface area contributed by atoms with Gasteiger partial charge < -0.3 is 10.6 Å². The van der Waals surface area contributed by atoms with Gasteiger partial charge in [0, 0.05) is 12.6 Å². The predicted octanol–water partition coefficient (Wildman–Crippen LogP) is 2.74. The zero-order valence-electron chi connectivity index (χ0n) is 14.0. The Kier molecular flexibility index (Phi) is 8.26. The molecule has 23 heavy (non-hydrogen) atoms. The van der Waals surface area contributed by atoms with Gasteiger partial charge in [0.15, 0.2) is 0 Å². The Morgan fingerprint density at radius 3 is 2.39 bits per heavy atom. The summed E-state index contributed by atoms with van der Waals surface area (Å²) in [6.45, 7) is 6.61. The van der Waals surface area contributed by atoms with Crippen LogP contribution in [0.4, 0.5) is 9.18 Å². The van der Waals surface area contributed by atoms with E-state index in [9.17, 15) is 14.0 Å². The Labute approximate surface area is 137 Å². The number of carbonyl (C=O) groups excluding carboxylic acids is 2. The Hall–Kier alpha value is -1.95. The first-order valence-electron chi connectivity index (χ1n) is 8.00. The minimum absolute atomic E-state index is 0.0153. The van der Waals surface area contributed by atoms with E-state index in [0.29, 0.717) is 6.54 Å². The quantitative estimate of drug-likeness (QED) is 0.644. The Morgan fingerprint density at radius 1 is 1.17 bits per heavy atom. The van der Waals surface area contributed by atoms with Crippen molar-refractivity contribution in [1.29, 1.82) is 0 Å². The van der Waals surface area contributed by atoms with Gasteiger partial charge in [0.05, 0.1) is 6.54 Å². The van der Waals surface area contributed by atoms with E-state index in [-0.39, 0.29) is 24.3 Å². The molecule has 0 aliphatic carbocycles. The van der Waals surface area contributed by atoms with Crippen LogP contribution in [0.2, 0.25) is 0 Å². The molecule has 128 valence electrons. The van der Waals surface area contributed by atoms with E-state index in [1.165, 1.54) is 12.1 Å². The zero-order chi connectivity index (χ0) is 17.2. The van der Waals surface area contributed by atoms with Crippen molar-refractivity contribution in [2.75, 3.05) is 13.1 Å². The first kappa shape index (κ1) is 19.1. The molecular formula is C17H26FN3O2. The van der Waals surface area contributed by atoms with Crippen molar-refractivity contribution in [3.05, 3.63) is 35.6 Å². The molecule has 0 bridgehead atoms. The Bertz CT molecular complexity index is 503. The van der Waals surface area contributed by atoms with Crippen LogP contribution in [0.5, 0.6) is 0 Å². The highest BCUT2D eigenvalue weighted by Crippen LogP contribution is 2.21. The summed E-state index contributed by atoms with van der Waals surface area (Å²) in [4.78, 5) is 23.3. The molecule has 0 fully saturated rings. The molecule has 3 N–H and O–H groups in total. The van der Waals surface area contributed by atoms with Gasteiger partial charge in [0.2, 0.25) is 5.91 Å². The van der Waals surface area contributed by atoms with Crippen LogP contribution in [0.3, 0.4) is 0 Å². The van der Waals surface area contributed by atoms with E-state index in [4.69, 9.17) is 0 Å². The van der Waals surface area contributed by atoms with Crippen LogP contribution in [0.25, 0.3) is 0 Å². The largest absolute Gasteiger partial charge is 0.338 e. The van der Waals surface area contributed by atoms with Gasteiger partial charge in [-0.1, -0.05) is 39.3 Å². The van der Waals surface area contributed by atoms with E-state index in [2.05, 4.69) is 16.0 Å². The van der Waals surface area contributed by atoms with Crippen molar-refractivity contribution >= 4 is 11.9 Å². The number of halogens is 1. The monoisotopic (exact) mass is 323 g/mol. The van der Waals surface area contributed by atoms with Crippen LogP contribution in [-0.2, 0) is 4.79 Å². The molecule has 1 aromatic carbocycles. The minimum atomic E-state index is -0.479. The molecule has 0 saturated carbocycles. The number of hydrogen-bond acceptors (Lipinski definition) is 3. The maximum atomic E-state index is 13.0. The highest BCUT2D eigenvalue weighted by Gasteiger charge is 2.17. The Morgan fingerprint density at radius 2 is 1.83 bits per heavy atom. The molecule has 1 aromatic rings. The number of benzene rings is 1. The van der Waals surface area contributed by atoms with Crippen molar-refractivity contribution < 1.29 is 14.0 Å². The summed E-state index contributed by atoms with van der Waals surface area (Å²) in [7, 11) is 0. The molecule has 0 heterocycles. The predicted molar refractivity (Wildman–Crippen MR) is 88.4 cm³/mol. The number of urea groups is 1. The van der Waals surface area contributed by atoms with Crippen LogP contribution in [0.15, 0.2) is 24.3 Å². The third-order valence-electron chi connectivity index (χ3n) is 3.45. The summed E-state index contributed by atoms with van der Waals surface area (Å²) in [5.74, 6) is -0.476. The van der Waals surface area contributed by atoms with E-state index >= 15 is 0 Å². The average molecular weight is 323 g/mol. The third-order valence-corrected chi connectivity index (χ3v) is 3.45. The summed E-state index contributed by atoms with van der Waals surface area (Å²) >= 11 is 0. The van der Waals surface area contributed by atoms with Crippen LogP contribution < -0.4 is 16.0 Å². The van der Waals surface area contributed by atoms with E-state index < -0.39 is 11.9 Å². The maximum absolute atomic E-state index is 13.0. The molecule has 1 atom stereocenters. The average Bonchev–Trinajstić information content (AvgIpc) is 2.49. The fraction of sp³-hybridized carbons (Fsp3) is 0.529. The fourth-order valence-corrected chi connectivity index (χ4v) is 2.20. The van der Waals surface area contributed by atoms with Crippen molar-refractivity contribution in [2.24, 2.45) is 5.92 Å². The van der Waals surface area contributed by atoms with E-state index in [1.54, 1.807) is 12.1 Å². The zero-order valence-corrected chi connectivity index (χ0v) is 14.0. The van der Waals surface area contributed by atoms with Crippen LogP contribution in [-0.4, -0.2) is 25.0 Å². The number of nitrogens with one attached hydrogen (secondary N) is 3. The summed E-state index contributed by atoms with van der Waals surface area (Å²) in [6, 6.07) is 5.61. The van der Waals surface area contributed by atoms with Crippen LogP contribution >= 0.6 is 0 Å². The molecular weight excluding hydrogens is 297 g/mol. The van der Waals surface area contributed by atoms with Crippen molar-refractivity contribution in [2.45, 2.75) is 39.7 Å². The lowest BCUT2D eigenvalue weighted by Gasteiger charge is -2.22. The number of carbonyl (C=O) groups is 2. The number of hydrogen-bond donors (Lipinski definition) is 3. The SMILES string of the molecule is CCCCNC(=O)NC(=O)CN[C@H](c1ccc(F)cc1)C(C)C. The molecule has 3 amide bonds. The standard InChI is InChI=1S/C17H26FN3O2/c1-4-5-10-19-17(23)21-15(22)11-20-16(12(2)3)13-6-8-14(18)9-7-13/h6-9,12,16,20H,4-5,10-11H2,1-3H3,(H2,19,21,22,23)/t16-/m0/s1. The van der Waals surface area contributed by atoms with E-state index in [0.717, 1.165) is 18.4 Å². The maximum Gasteiger partial charge on any atom is 0.321 e.